The van der Waals surface area contributed by atoms with Crippen molar-refractivity contribution in [2.75, 3.05) is 20.1 Å². The van der Waals surface area contributed by atoms with Crippen LogP contribution < -0.4 is 16.0 Å². The third-order valence-electron chi connectivity index (χ3n) is 2.61. The quantitative estimate of drug-likeness (QED) is 0.683. The highest BCUT2D eigenvalue weighted by Crippen LogP contribution is 2.25. The van der Waals surface area contributed by atoms with Crippen LogP contribution in [0.3, 0.4) is 0 Å². The predicted octanol–water partition coefficient (Wildman–Crippen LogP) is 1.87. The summed E-state index contributed by atoms with van der Waals surface area (Å²) in [5.41, 5.74) is 0.244. The molecule has 1 rings (SSSR count). The lowest BCUT2D eigenvalue weighted by molar-refractivity contribution is -0.122. The number of nitrogens with one attached hydrogen (secondary N) is 3. The fraction of sp³-hybridized carbons (Fsp3) is 0.385. The van der Waals surface area contributed by atoms with Crippen LogP contribution in [0.1, 0.15) is 17.3 Å². The molecule has 2 amide bonds. The molecule has 0 aromatic heterocycles. The van der Waals surface area contributed by atoms with Gasteiger partial charge in [0.2, 0.25) is 5.91 Å². The molecule has 21 heavy (non-hydrogen) atoms. The average Bonchev–Trinajstić information content (AvgIpc) is 2.41. The highest BCUT2D eigenvalue weighted by atomic mass is 35.5. The van der Waals surface area contributed by atoms with Crippen LogP contribution in [-0.4, -0.2) is 38.0 Å². The van der Waals surface area contributed by atoms with E-state index < -0.39 is 11.9 Å². The molecule has 0 fully saturated rings. The zero-order valence-electron chi connectivity index (χ0n) is 11.7. The summed E-state index contributed by atoms with van der Waals surface area (Å²) in [7, 11) is 1.79. The van der Waals surface area contributed by atoms with Gasteiger partial charge in [-0.2, -0.15) is 0 Å². The van der Waals surface area contributed by atoms with Crippen molar-refractivity contribution < 1.29 is 9.59 Å². The molecule has 0 aliphatic rings. The standard InChI is InChI=1S/C13H17Cl2N3O2.ClH/c1-8(12(19)17-7-6-16-2)18-13(20)9-4-3-5-10(14)11(9)15;/h3-5,8,16H,6-7H2,1-2H3,(H,17,19)(H,18,20);1H. The molecule has 5 nitrogen and oxygen atoms in total. The summed E-state index contributed by atoms with van der Waals surface area (Å²) in [6.07, 6.45) is 0. The maximum atomic E-state index is 12.0. The van der Waals surface area contributed by atoms with Crippen LogP contribution in [0.15, 0.2) is 18.2 Å². The van der Waals surface area contributed by atoms with Crippen molar-refractivity contribution in [2.24, 2.45) is 0 Å². The van der Waals surface area contributed by atoms with Crippen LogP contribution in [0.5, 0.6) is 0 Å². The lowest BCUT2D eigenvalue weighted by Gasteiger charge is -2.14. The lowest BCUT2D eigenvalue weighted by Crippen LogP contribution is -2.46. The summed E-state index contributed by atoms with van der Waals surface area (Å²) in [5, 5.41) is 8.65. The van der Waals surface area contributed by atoms with E-state index in [4.69, 9.17) is 23.2 Å². The molecular weight excluding hydrogens is 337 g/mol. The Bertz CT molecular complexity index is 498. The van der Waals surface area contributed by atoms with Gasteiger partial charge in [0.1, 0.15) is 6.04 Å². The van der Waals surface area contributed by atoms with Crippen molar-refractivity contribution in [1.82, 2.24) is 16.0 Å². The molecule has 0 aliphatic carbocycles. The van der Waals surface area contributed by atoms with E-state index in [1.54, 1.807) is 32.2 Å². The van der Waals surface area contributed by atoms with Crippen LogP contribution >= 0.6 is 35.6 Å². The number of benzene rings is 1. The van der Waals surface area contributed by atoms with E-state index in [0.717, 1.165) is 0 Å². The molecule has 1 atom stereocenters. The fourth-order valence-corrected chi connectivity index (χ4v) is 1.87. The molecule has 0 radical (unpaired) electrons. The largest absolute Gasteiger partial charge is 0.353 e. The minimum Gasteiger partial charge on any atom is -0.353 e. The van der Waals surface area contributed by atoms with Gasteiger partial charge in [0, 0.05) is 13.1 Å². The van der Waals surface area contributed by atoms with Gasteiger partial charge in [-0.05, 0) is 26.1 Å². The van der Waals surface area contributed by atoms with Crippen molar-refractivity contribution in [3.8, 4) is 0 Å². The van der Waals surface area contributed by atoms with Crippen molar-refractivity contribution in [3.63, 3.8) is 0 Å². The van der Waals surface area contributed by atoms with E-state index in [9.17, 15) is 9.59 Å². The van der Waals surface area contributed by atoms with Gasteiger partial charge in [0.25, 0.3) is 5.91 Å². The topological polar surface area (TPSA) is 70.2 Å². The van der Waals surface area contributed by atoms with Crippen molar-refractivity contribution >= 4 is 47.4 Å². The SMILES string of the molecule is CNCCNC(=O)C(C)NC(=O)c1cccc(Cl)c1Cl.Cl. The Morgan fingerprint density at radius 3 is 2.52 bits per heavy atom. The third-order valence-corrected chi connectivity index (χ3v) is 3.43. The maximum Gasteiger partial charge on any atom is 0.253 e. The van der Waals surface area contributed by atoms with Crippen molar-refractivity contribution in [1.29, 1.82) is 0 Å². The molecule has 3 N–H and O–H groups in total. The molecule has 0 aliphatic heterocycles. The van der Waals surface area contributed by atoms with Crippen molar-refractivity contribution in [3.05, 3.63) is 33.8 Å². The highest BCUT2D eigenvalue weighted by molar-refractivity contribution is 6.43. The van der Waals surface area contributed by atoms with Crippen molar-refractivity contribution in [2.45, 2.75) is 13.0 Å². The number of halogens is 3. The zero-order chi connectivity index (χ0) is 15.1. The first-order valence-corrected chi connectivity index (χ1v) is 6.90. The number of rotatable bonds is 6. The maximum absolute atomic E-state index is 12.0. The molecule has 1 unspecified atom stereocenters. The molecule has 1 aromatic rings. The van der Waals surface area contributed by atoms with Crippen LogP contribution in [0.25, 0.3) is 0 Å². The average molecular weight is 355 g/mol. The summed E-state index contributed by atoms with van der Waals surface area (Å²) in [5.74, 6) is -0.694. The van der Waals surface area contributed by atoms with Gasteiger partial charge in [0.15, 0.2) is 0 Å². The first-order valence-electron chi connectivity index (χ1n) is 6.14. The fourth-order valence-electron chi connectivity index (χ4n) is 1.48. The van der Waals surface area contributed by atoms with Gasteiger partial charge in [-0.15, -0.1) is 12.4 Å². The van der Waals surface area contributed by atoms with Crippen LogP contribution in [0, 0.1) is 0 Å². The molecule has 8 heteroatoms. The normalized spacial score (nSPS) is 11.2. The van der Waals surface area contributed by atoms with Crippen LogP contribution in [0.2, 0.25) is 10.0 Å². The Morgan fingerprint density at radius 2 is 1.90 bits per heavy atom. The minimum atomic E-state index is -0.658. The minimum absolute atomic E-state index is 0. The number of amides is 2. The van der Waals surface area contributed by atoms with Gasteiger partial charge in [0.05, 0.1) is 15.6 Å². The monoisotopic (exact) mass is 353 g/mol. The van der Waals surface area contributed by atoms with Crippen LogP contribution in [-0.2, 0) is 4.79 Å². The van der Waals surface area contributed by atoms with E-state index in [1.807, 2.05) is 0 Å². The molecule has 118 valence electrons. The Kier molecular flexibility index (Phi) is 9.37. The Balaban J connectivity index is 0.00000400. The van der Waals surface area contributed by atoms with E-state index in [-0.39, 0.29) is 28.9 Å². The van der Waals surface area contributed by atoms with E-state index in [2.05, 4.69) is 16.0 Å². The summed E-state index contributed by atoms with van der Waals surface area (Å²) in [6, 6.07) is 4.11. The first-order chi connectivity index (χ1) is 9.47. The molecule has 0 saturated carbocycles. The highest BCUT2D eigenvalue weighted by Gasteiger charge is 2.18. The van der Waals surface area contributed by atoms with E-state index in [1.165, 1.54) is 0 Å². The van der Waals surface area contributed by atoms with Crippen LogP contribution in [0.4, 0.5) is 0 Å². The molecular formula is C13H18Cl3N3O2. The van der Waals surface area contributed by atoms with Gasteiger partial charge in [-0.1, -0.05) is 29.3 Å². The number of likely N-dealkylation sites (N-methyl/N-ethyl adjacent to an activating group) is 1. The lowest BCUT2D eigenvalue weighted by atomic mass is 10.2. The number of carbonyl (C=O) groups excluding carboxylic acids is 2. The molecule has 0 bridgehead atoms. The van der Waals surface area contributed by atoms with E-state index in [0.29, 0.717) is 18.1 Å². The number of carbonyl (C=O) groups is 2. The smallest absolute Gasteiger partial charge is 0.253 e. The predicted molar refractivity (Wildman–Crippen MR) is 87.6 cm³/mol. The Hall–Kier alpha value is -1.01. The second-order valence-corrected chi connectivity index (χ2v) is 4.98. The third kappa shape index (κ3) is 6.09. The zero-order valence-corrected chi connectivity index (χ0v) is 14.0. The summed E-state index contributed by atoms with van der Waals surface area (Å²) >= 11 is 11.8. The summed E-state index contributed by atoms with van der Waals surface area (Å²) in [4.78, 5) is 23.7. The Labute approximate surface area is 140 Å². The second kappa shape index (κ2) is 9.84. The molecule has 0 heterocycles. The van der Waals surface area contributed by atoms with Gasteiger partial charge in [-0.3, -0.25) is 9.59 Å². The first kappa shape index (κ1) is 20.0. The molecule has 0 spiro atoms. The molecule has 1 aromatic carbocycles. The van der Waals surface area contributed by atoms with Gasteiger partial charge >= 0.3 is 0 Å². The van der Waals surface area contributed by atoms with E-state index >= 15 is 0 Å². The number of hydrogen-bond acceptors (Lipinski definition) is 3. The van der Waals surface area contributed by atoms with Gasteiger partial charge < -0.3 is 16.0 Å². The Morgan fingerprint density at radius 1 is 1.24 bits per heavy atom. The van der Waals surface area contributed by atoms with Gasteiger partial charge in [-0.25, -0.2) is 0 Å². The summed E-state index contributed by atoms with van der Waals surface area (Å²) in [6.45, 7) is 2.76. The molecule has 0 saturated heterocycles. The summed E-state index contributed by atoms with van der Waals surface area (Å²) < 4.78 is 0. The second-order valence-electron chi connectivity index (χ2n) is 4.19. The number of hydrogen-bond donors (Lipinski definition) is 3.